The second-order valence-corrected chi connectivity index (χ2v) is 1.96. The number of hydrogen-bond acceptors (Lipinski definition) is 1. The van der Waals surface area contributed by atoms with Crippen LogP contribution in [0.3, 0.4) is 0 Å². The van der Waals surface area contributed by atoms with Gasteiger partial charge in [0, 0.05) is 366 Å². The van der Waals surface area contributed by atoms with Crippen molar-refractivity contribution in [2.75, 3.05) is 0 Å². The third-order valence-electron chi connectivity index (χ3n) is 1.11. The van der Waals surface area contributed by atoms with Crippen LogP contribution in [0.15, 0.2) is 12.1 Å². The molecule has 0 saturated heterocycles. The first-order valence-corrected chi connectivity index (χ1v) is 2.82. The molecule has 12 heteroatoms. The smallest absolute Gasteiger partial charge is 0.0241 e. The van der Waals surface area contributed by atoms with E-state index in [4.69, 9.17) is 5.11 Å². The summed E-state index contributed by atoms with van der Waals surface area (Å²) in [6, 6.07) is 9.43. The van der Waals surface area contributed by atoms with Crippen LogP contribution in [0.5, 0.6) is 0 Å². The topological polar surface area (TPSA) is 20.2 Å². The average Bonchev–Trinajstić information content (AvgIpc) is 1.90. The second kappa shape index (κ2) is 52.3. The fourth-order valence-corrected chi connectivity index (χ4v) is 0.577. The normalized spacial score (nSPS) is 4.30. The number of hydrogen-bond donors (Lipinski definition) is 1. The van der Waals surface area contributed by atoms with Crippen molar-refractivity contribution < 1.29 is 365 Å². The molecule has 0 saturated carbocycles. The summed E-state index contributed by atoms with van der Waals surface area (Å²) in [7, 11) is 0. The summed E-state index contributed by atoms with van der Waals surface area (Å²) in [5.41, 5.74) is 1.84. The van der Waals surface area contributed by atoms with E-state index in [0.717, 1.165) is 11.1 Å². The Hall–Kier alpha value is 11.3. The van der Waals surface area contributed by atoms with E-state index < -0.39 is 0 Å². The van der Waals surface area contributed by atoms with Crippen molar-refractivity contribution in [2.45, 2.75) is 13.5 Å². The molecule has 20 heavy (non-hydrogen) atoms. The number of aliphatic hydroxyl groups is 1. The summed E-state index contributed by atoms with van der Waals surface area (Å²) >= 11 is 0. The van der Waals surface area contributed by atoms with Crippen LogP contribution in [-0.2, 0) is 366 Å². The Labute approximate surface area is 400 Å². The quantitative estimate of drug-likeness (QED) is 0.418. The first-order chi connectivity index (χ1) is 4.33. The van der Waals surface area contributed by atoms with Gasteiger partial charge in [0.1, 0.15) is 0 Å². The van der Waals surface area contributed by atoms with Gasteiger partial charge < -0.3 is 17.2 Å². The molecule has 0 aliphatic carbocycles. The second-order valence-electron chi connectivity index (χ2n) is 1.96. The largest absolute Gasteiger partial charge is 0.396 e. The summed E-state index contributed by atoms with van der Waals surface area (Å²) < 4.78 is 0. The van der Waals surface area contributed by atoms with E-state index in [1.54, 1.807) is 0 Å². The van der Waals surface area contributed by atoms with Gasteiger partial charge in [0.2, 0.25) is 0 Å². The van der Waals surface area contributed by atoms with E-state index in [1.807, 2.05) is 19.1 Å². The molecule has 0 bridgehead atoms. The van der Waals surface area contributed by atoms with Gasteiger partial charge in [-0.15, -0.1) is 6.92 Å². The van der Waals surface area contributed by atoms with Crippen LogP contribution in [0.1, 0.15) is 11.1 Å². The first kappa shape index (κ1) is 69.7. The SMILES string of the molecule is Cc1c[c-]c(CO)[c-]c1.[Y].[Y].[Y].[Y].[Y].[Y].[Y].[Y].[Y].[Y].[Y]. The Morgan fingerprint density at radius 2 is 0.950 bits per heavy atom. The summed E-state index contributed by atoms with van der Waals surface area (Å²) in [6.07, 6.45) is 0. The summed E-state index contributed by atoms with van der Waals surface area (Å²) in [6.45, 7) is 1.99. The Balaban J connectivity index is -0.00000000818. The van der Waals surface area contributed by atoms with E-state index in [1.165, 1.54) is 0 Å². The zero-order chi connectivity index (χ0) is 6.69. The molecule has 0 amide bonds. The summed E-state index contributed by atoms with van der Waals surface area (Å²) in [4.78, 5) is 0. The van der Waals surface area contributed by atoms with Gasteiger partial charge in [0.05, 0.1) is 0 Å². The molecular weight excluding hydrogens is 1090 g/mol. The van der Waals surface area contributed by atoms with Gasteiger partial charge in [-0.25, -0.2) is 0 Å². The number of rotatable bonds is 1. The van der Waals surface area contributed by atoms with Gasteiger partial charge in [-0.3, -0.25) is 23.3 Å². The molecule has 0 unspecified atom stereocenters. The summed E-state index contributed by atoms with van der Waals surface area (Å²) in [5.74, 6) is 0. The fourth-order valence-electron chi connectivity index (χ4n) is 0.577. The van der Waals surface area contributed by atoms with E-state index >= 15 is 0 Å². The minimum atomic E-state index is 0. The van der Waals surface area contributed by atoms with E-state index in [2.05, 4.69) is 12.1 Å². The van der Waals surface area contributed by atoms with Crippen molar-refractivity contribution in [3.63, 3.8) is 0 Å². The number of aryl methyl sites for hydroxylation is 1. The van der Waals surface area contributed by atoms with Gasteiger partial charge in [-0.05, 0) is 0 Å². The van der Waals surface area contributed by atoms with Crippen molar-refractivity contribution in [1.29, 1.82) is 0 Å². The van der Waals surface area contributed by atoms with Gasteiger partial charge in [-0.2, -0.15) is 0 Å². The molecule has 1 rings (SSSR count). The van der Waals surface area contributed by atoms with Crippen molar-refractivity contribution in [1.82, 2.24) is 0 Å². The van der Waals surface area contributed by atoms with E-state index in [0.29, 0.717) is 0 Å². The van der Waals surface area contributed by atoms with Crippen LogP contribution in [0.2, 0.25) is 0 Å². The predicted molar refractivity (Wildman–Crippen MR) is 34.8 cm³/mol. The van der Waals surface area contributed by atoms with Crippen LogP contribution in [0.25, 0.3) is 0 Å². The third-order valence-corrected chi connectivity index (χ3v) is 1.11. The maximum Gasteiger partial charge on any atom is 0.0241 e. The molecule has 0 atom stereocenters. The van der Waals surface area contributed by atoms with Crippen molar-refractivity contribution >= 4 is 0 Å². The maximum absolute atomic E-state index is 8.57. The van der Waals surface area contributed by atoms with E-state index in [9.17, 15) is 0 Å². The van der Waals surface area contributed by atoms with Gasteiger partial charge in [0.15, 0.2) is 0 Å². The minimum absolute atomic E-state index is 0. The molecule has 81 valence electrons. The molecule has 1 N–H and O–H groups in total. The molecule has 0 aliphatic heterocycles. The Morgan fingerprint density at radius 1 is 0.700 bits per heavy atom. The van der Waals surface area contributed by atoms with Crippen LogP contribution in [-0.4, -0.2) is 5.11 Å². The van der Waals surface area contributed by atoms with E-state index in [-0.39, 0.29) is 366 Å². The molecule has 0 spiro atoms. The van der Waals surface area contributed by atoms with Crippen LogP contribution in [0.4, 0.5) is 0 Å². The third kappa shape index (κ3) is 43.2. The van der Waals surface area contributed by atoms with Crippen molar-refractivity contribution in [2.24, 2.45) is 0 Å². The Kier molecular flexibility index (Phi) is 182. The molecule has 1 nitrogen and oxygen atoms in total. The monoisotopic (exact) mass is 1100 g/mol. The Bertz CT molecular complexity index is 196. The molecule has 0 aliphatic rings. The minimum Gasteiger partial charge on any atom is -0.396 e. The zero-order valence-corrected chi connectivity index (χ0v) is 42.9. The number of aliphatic hydroxyl groups excluding tert-OH is 1. The zero-order valence-electron chi connectivity index (χ0n) is 11.7. The van der Waals surface area contributed by atoms with Crippen LogP contribution >= 0.6 is 0 Å². The molecule has 11 radical (unpaired) electrons. The van der Waals surface area contributed by atoms with Crippen LogP contribution < -0.4 is 0 Å². The molecule has 0 aromatic heterocycles. The molecular formula is C8H8OY11-2. The van der Waals surface area contributed by atoms with Crippen molar-refractivity contribution in [3.05, 3.63) is 35.4 Å². The number of benzene rings is 1. The van der Waals surface area contributed by atoms with Gasteiger partial charge >= 0.3 is 0 Å². The Morgan fingerprint density at radius 3 is 1.15 bits per heavy atom. The van der Waals surface area contributed by atoms with Crippen molar-refractivity contribution in [3.8, 4) is 0 Å². The van der Waals surface area contributed by atoms with Gasteiger partial charge in [-0.1, -0.05) is 0 Å². The molecule has 1 aromatic rings. The molecule has 1 aromatic carbocycles. The van der Waals surface area contributed by atoms with Gasteiger partial charge in [0.25, 0.3) is 0 Å². The predicted octanol–water partition coefficient (Wildman–Crippen LogP) is 1.06. The average molecular weight is 1100 g/mol. The summed E-state index contributed by atoms with van der Waals surface area (Å²) in [5, 5.41) is 8.57. The molecule has 0 heterocycles. The maximum atomic E-state index is 8.57. The molecule has 0 fully saturated rings. The van der Waals surface area contributed by atoms with Crippen LogP contribution in [0, 0.1) is 19.1 Å². The standard InChI is InChI=1S/C8H8O.11Y/c1-7-2-4-8(6-9)5-3-7;;;;;;;;;;;/h2-3,9H,6H2,1H3;;;;;;;;;;;/q-2;;;;;;;;;;;. The fraction of sp³-hybridized carbons (Fsp3) is 0.250. The first-order valence-electron chi connectivity index (χ1n) is 2.82.